The molecule has 1 saturated heterocycles. The van der Waals surface area contributed by atoms with E-state index in [2.05, 4.69) is 5.10 Å². The predicted molar refractivity (Wildman–Crippen MR) is 103 cm³/mol. The quantitative estimate of drug-likeness (QED) is 0.701. The first-order valence-electron chi connectivity index (χ1n) is 8.58. The molecule has 0 spiro atoms. The Bertz CT molecular complexity index is 987. The third-order valence-corrected chi connectivity index (χ3v) is 4.75. The first-order chi connectivity index (χ1) is 13.1. The van der Waals surface area contributed by atoms with Gasteiger partial charge in [-0.25, -0.2) is 4.68 Å². The van der Waals surface area contributed by atoms with Crippen LogP contribution >= 0.6 is 11.6 Å². The number of para-hydroxylation sites is 1. The van der Waals surface area contributed by atoms with Crippen LogP contribution in [0.15, 0.2) is 67.0 Å². The number of benzene rings is 2. The molecule has 2 aromatic carbocycles. The van der Waals surface area contributed by atoms with Gasteiger partial charge >= 0.3 is 0 Å². The lowest BCUT2D eigenvalue weighted by molar-refractivity contribution is -0.120. The Labute approximate surface area is 161 Å². The highest BCUT2D eigenvalue weighted by Gasteiger charge is 2.29. The summed E-state index contributed by atoms with van der Waals surface area (Å²) in [5.74, 6) is -0.311. The van der Waals surface area contributed by atoms with E-state index in [-0.39, 0.29) is 18.4 Å². The number of carbonyl (C=O) groups excluding carboxylic acids is 2. The van der Waals surface area contributed by atoms with Gasteiger partial charge in [-0.1, -0.05) is 29.8 Å². The van der Waals surface area contributed by atoms with Crippen molar-refractivity contribution < 1.29 is 9.59 Å². The molecule has 0 atom stereocenters. The minimum absolute atomic E-state index is 0.0266. The number of nitrogens with zero attached hydrogens (tertiary/aromatic N) is 4. The molecule has 4 rings (SSSR count). The van der Waals surface area contributed by atoms with Crippen molar-refractivity contribution in [3.8, 4) is 5.69 Å². The topological polar surface area (TPSA) is 58.4 Å². The summed E-state index contributed by atoms with van der Waals surface area (Å²) >= 11 is 6.03. The molecule has 1 aromatic heterocycles. The van der Waals surface area contributed by atoms with Gasteiger partial charge < -0.3 is 9.80 Å². The Morgan fingerprint density at radius 2 is 1.89 bits per heavy atom. The molecule has 1 fully saturated rings. The van der Waals surface area contributed by atoms with Crippen molar-refractivity contribution in [1.82, 2.24) is 14.7 Å². The molecule has 3 aromatic rings. The fourth-order valence-electron chi connectivity index (χ4n) is 3.20. The molecular weight excluding hydrogens is 364 g/mol. The predicted octanol–water partition coefficient (Wildman–Crippen LogP) is 3.01. The number of carbonyl (C=O) groups is 2. The third-order valence-electron chi connectivity index (χ3n) is 4.51. The highest BCUT2D eigenvalue weighted by atomic mass is 35.5. The van der Waals surface area contributed by atoms with E-state index in [4.69, 9.17) is 11.6 Å². The molecule has 27 heavy (non-hydrogen) atoms. The minimum Gasteiger partial charge on any atom is -0.327 e. The Balaban J connectivity index is 1.55. The summed E-state index contributed by atoms with van der Waals surface area (Å²) in [5, 5.41) is 4.78. The number of piperazine rings is 1. The second kappa shape index (κ2) is 7.25. The van der Waals surface area contributed by atoms with Crippen LogP contribution in [0.1, 0.15) is 10.4 Å². The molecule has 0 N–H and O–H groups in total. The molecule has 6 nitrogen and oxygen atoms in total. The van der Waals surface area contributed by atoms with Crippen LogP contribution in [0.5, 0.6) is 0 Å². The van der Waals surface area contributed by atoms with Gasteiger partial charge in [-0.3, -0.25) is 9.59 Å². The van der Waals surface area contributed by atoms with Gasteiger partial charge in [-0.2, -0.15) is 5.10 Å². The van der Waals surface area contributed by atoms with Crippen LogP contribution in [-0.2, 0) is 4.79 Å². The Morgan fingerprint density at radius 3 is 2.63 bits per heavy atom. The summed E-state index contributed by atoms with van der Waals surface area (Å²) in [7, 11) is 0. The van der Waals surface area contributed by atoms with Crippen molar-refractivity contribution in [2.24, 2.45) is 0 Å². The first-order valence-corrected chi connectivity index (χ1v) is 8.95. The minimum atomic E-state index is -0.180. The third kappa shape index (κ3) is 3.44. The highest BCUT2D eigenvalue weighted by molar-refractivity contribution is 6.30. The highest BCUT2D eigenvalue weighted by Crippen LogP contribution is 2.23. The van der Waals surface area contributed by atoms with Crippen LogP contribution in [0.4, 0.5) is 5.69 Å². The maximum absolute atomic E-state index is 13.1. The molecular formula is C20H17ClN4O2. The lowest BCUT2D eigenvalue weighted by Crippen LogP contribution is -2.52. The zero-order chi connectivity index (χ0) is 18.8. The summed E-state index contributed by atoms with van der Waals surface area (Å²) in [6, 6.07) is 16.2. The summed E-state index contributed by atoms with van der Waals surface area (Å²) in [6.45, 7) is 0.901. The van der Waals surface area contributed by atoms with Gasteiger partial charge in [-0.05, 0) is 36.4 Å². The maximum atomic E-state index is 13.1. The Hall–Kier alpha value is -3.12. The molecule has 0 aliphatic carbocycles. The largest absolute Gasteiger partial charge is 0.327 e. The molecule has 0 unspecified atom stereocenters. The lowest BCUT2D eigenvalue weighted by atomic mass is 10.1. The summed E-state index contributed by atoms with van der Waals surface area (Å²) < 4.78 is 1.65. The first kappa shape index (κ1) is 17.3. The van der Waals surface area contributed by atoms with E-state index in [9.17, 15) is 9.59 Å². The van der Waals surface area contributed by atoms with Crippen LogP contribution in [0.3, 0.4) is 0 Å². The SMILES string of the molecule is O=C(c1ccccc1-n1cccn1)N1CCN(c2cccc(Cl)c2)C(=O)C1. The lowest BCUT2D eigenvalue weighted by Gasteiger charge is -2.34. The van der Waals surface area contributed by atoms with Gasteiger partial charge in [0, 0.05) is 36.2 Å². The number of amides is 2. The van der Waals surface area contributed by atoms with E-state index in [0.29, 0.717) is 29.4 Å². The molecule has 7 heteroatoms. The van der Waals surface area contributed by atoms with Gasteiger partial charge in [0.1, 0.15) is 6.54 Å². The van der Waals surface area contributed by atoms with Gasteiger partial charge in [0.2, 0.25) is 5.91 Å². The number of anilines is 1. The van der Waals surface area contributed by atoms with Crippen molar-refractivity contribution in [3.63, 3.8) is 0 Å². The standard InChI is InChI=1S/C20H17ClN4O2/c21-15-5-3-6-16(13-15)24-12-11-23(14-19(24)26)20(27)17-7-1-2-8-18(17)25-10-4-9-22-25/h1-10,13H,11-12,14H2. The molecule has 0 saturated carbocycles. The number of hydrogen-bond acceptors (Lipinski definition) is 3. The average molecular weight is 381 g/mol. The number of aromatic nitrogens is 2. The normalized spacial score (nSPS) is 14.5. The average Bonchev–Trinajstić information content (AvgIpc) is 3.22. The number of halogens is 1. The van der Waals surface area contributed by atoms with Crippen molar-refractivity contribution in [2.75, 3.05) is 24.5 Å². The molecule has 2 amide bonds. The Morgan fingerprint density at radius 1 is 1.04 bits per heavy atom. The van der Waals surface area contributed by atoms with Crippen molar-refractivity contribution >= 4 is 29.1 Å². The monoisotopic (exact) mass is 380 g/mol. The maximum Gasteiger partial charge on any atom is 0.256 e. The summed E-state index contributed by atoms with van der Waals surface area (Å²) in [5.41, 5.74) is 1.96. The second-order valence-electron chi connectivity index (χ2n) is 6.22. The van der Waals surface area contributed by atoms with Crippen molar-refractivity contribution in [2.45, 2.75) is 0 Å². The molecule has 0 radical (unpaired) electrons. The molecule has 2 heterocycles. The van der Waals surface area contributed by atoms with Crippen LogP contribution in [-0.4, -0.2) is 46.1 Å². The fraction of sp³-hybridized carbons (Fsp3) is 0.150. The van der Waals surface area contributed by atoms with E-state index in [1.807, 2.05) is 30.3 Å². The zero-order valence-electron chi connectivity index (χ0n) is 14.5. The van der Waals surface area contributed by atoms with Crippen LogP contribution in [0, 0.1) is 0 Å². The van der Waals surface area contributed by atoms with E-state index < -0.39 is 0 Å². The summed E-state index contributed by atoms with van der Waals surface area (Å²) in [4.78, 5) is 28.9. The van der Waals surface area contributed by atoms with E-state index in [1.165, 1.54) is 0 Å². The smallest absolute Gasteiger partial charge is 0.256 e. The van der Waals surface area contributed by atoms with E-state index >= 15 is 0 Å². The summed E-state index contributed by atoms with van der Waals surface area (Å²) in [6.07, 6.45) is 3.45. The van der Waals surface area contributed by atoms with E-state index in [0.717, 1.165) is 5.69 Å². The number of hydrogen-bond donors (Lipinski definition) is 0. The fourth-order valence-corrected chi connectivity index (χ4v) is 3.38. The van der Waals surface area contributed by atoms with Crippen LogP contribution < -0.4 is 4.90 Å². The van der Waals surface area contributed by atoms with Gasteiger partial charge in [0.05, 0.1) is 11.3 Å². The van der Waals surface area contributed by atoms with Gasteiger partial charge in [0.15, 0.2) is 0 Å². The van der Waals surface area contributed by atoms with Gasteiger partial charge in [0.25, 0.3) is 5.91 Å². The molecule has 1 aliphatic rings. The van der Waals surface area contributed by atoms with Crippen molar-refractivity contribution in [1.29, 1.82) is 0 Å². The van der Waals surface area contributed by atoms with E-state index in [1.54, 1.807) is 51.1 Å². The van der Waals surface area contributed by atoms with Crippen LogP contribution in [0.25, 0.3) is 5.69 Å². The molecule has 0 bridgehead atoms. The molecule has 1 aliphatic heterocycles. The van der Waals surface area contributed by atoms with Crippen LogP contribution in [0.2, 0.25) is 5.02 Å². The van der Waals surface area contributed by atoms with Gasteiger partial charge in [-0.15, -0.1) is 0 Å². The number of rotatable bonds is 3. The zero-order valence-corrected chi connectivity index (χ0v) is 15.2. The molecule has 136 valence electrons. The second-order valence-corrected chi connectivity index (χ2v) is 6.66. The van der Waals surface area contributed by atoms with Crippen molar-refractivity contribution in [3.05, 3.63) is 77.6 Å². The Kier molecular flexibility index (Phi) is 4.64.